The van der Waals surface area contributed by atoms with Crippen LogP contribution in [0.5, 0.6) is 11.5 Å². The number of esters is 6. The number of ether oxygens (including phenoxy) is 11. The van der Waals surface area contributed by atoms with Crippen molar-refractivity contribution in [1.29, 1.82) is 0 Å². The second-order valence-electron chi connectivity index (χ2n) is 13.6. The first-order valence-corrected chi connectivity index (χ1v) is 18.0. The molecule has 0 bridgehead atoms. The maximum absolute atomic E-state index is 12.7. The molecular formula is C37H51NO18. The van der Waals surface area contributed by atoms with Gasteiger partial charge in [-0.1, -0.05) is 6.07 Å². The molecule has 1 aliphatic carbocycles. The lowest BCUT2D eigenvalue weighted by Crippen LogP contribution is -2.65. The molecule has 3 fully saturated rings. The Morgan fingerprint density at radius 1 is 0.750 bits per heavy atom. The molecule has 2 aliphatic heterocycles. The number of methoxy groups -OCH3 is 2. The van der Waals surface area contributed by atoms with Gasteiger partial charge in [0.1, 0.15) is 31.0 Å². The Balaban J connectivity index is 1.73. The molecule has 0 unspecified atom stereocenters. The fraction of sp³-hybridized carbons (Fsp3) is 0.676. The van der Waals surface area contributed by atoms with Gasteiger partial charge in [-0.15, -0.1) is 0 Å². The van der Waals surface area contributed by atoms with Gasteiger partial charge in [-0.05, 0) is 37.1 Å². The van der Waals surface area contributed by atoms with Crippen molar-refractivity contribution in [2.24, 2.45) is 11.8 Å². The maximum Gasteiger partial charge on any atom is 0.303 e. The van der Waals surface area contributed by atoms with Crippen LogP contribution in [0, 0.1) is 11.8 Å². The quantitative estimate of drug-likeness (QED) is 0.171. The van der Waals surface area contributed by atoms with Crippen LogP contribution in [0.1, 0.15) is 53.5 Å². The molecular weight excluding hydrogens is 746 g/mol. The van der Waals surface area contributed by atoms with Crippen LogP contribution in [0.15, 0.2) is 18.2 Å². The lowest BCUT2D eigenvalue weighted by atomic mass is 9.81. The highest BCUT2D eigenvalue weighted by atomic mass is 16.8. The van der Waals surface area contributed by atoms with E-state index >= 15 is 0 Å². The minimum Gasteiger partial charge on any atom is -0.493 e. The average Bonchev–Trinajstić information content (AvgIpc) is 3.35. The number of fused-ring (bicyclic) bond motifs is 1. The van der Waals surface area contributed by atoms with Gasteiger partial charge in [-0.2, -0.15) is 0 Å². The summed E-state index contributed by atoms with van der Waals surface area (Å²) in [5.41, 5.74) is -1.18. The van der Waals surface area contributed by atoms with Crippen molar-refractivity contribution in [3.63, 3.8) is 0 Å². The molecule has 11 atom stereocenters. The number of nitrogens with one attached hydrogen (secondary N) is 1. The molecule has 4 rings (SSSR count). The maximum atomic E-state index is 12.7. The molecule has 3 aliphatic rings. The third-order valence-corrected chi connectivity index (χ3v) is 9.61. The van der Waals surface area contributed by atoms with Crippen molar-refractivity contribution in [3.8, 4) is 11.5 Å². The van der Waals surface area contributed by atoms with Crippen LogP contribution < -0.4 is 14.8 Å². The molecule has 0 spiro atoms. The van der Waals surface area contributed by atoms with E-state index in [0.717, 1.165) is 33.3 Å². The van der Waals surface area contributed by atoms with E-state index in [1.807, 2.05) is 6.07 Å². The molecule has 1 aromatic rings. The van der Waals surface area contributed by atoms with Crippen LogP contribution in [0.3, 0.4) is 0 Å². The van der Waals surface area contributed by atoms with Crippen molar-refractivity contribution >= 4 is 35.8 Å². The Kier molecular flexibility index (Phi) is 15.4. The van der Waals surface area contributed by atoms with Gasteiger partial charge in [0.2, 0.25) is 6.29 Å². The molecule has 19 nitrogen and oxygen atoms in total. The molecule has 1 aromatic carbocycles. The summed E-state index contributed by atoms with van der Waals surface area (Å²) in [4.78, 5) is 73.6. The average molecular weight is 798 g/mol. The number of rotatable bonds is 16. The predicted octanol–water partition coefficient (Wildman–Crippen LogP) is 0.523. The molecule has 1 saturated carbocycles. The Bertz CT molecular complexity index is 1590. The first kappa shape index (κ1) is 44.2. The van der Waals surface area contributed by atoms with E-state index in [1.54, 1.807) is 12.1 Å². The second-order valence-corrected chi connectivity index (χ2v) is 13.6. The summed E-state index contributed by atoms with van der Waals surface area (Å²) in [5, 5.41) is 16.0. The lowest BCUT2D eigenvalue weighted by molar-refractivity contribution is -0.360. The van der Waals surface area contributed by atoms with E-state index in [0.29, 0.717) is 17.9 Å². The largest absolute Gasteiger partial charge is 0.493 e. The normalized spacial score (nSPS) is 30.9. The molecule has 312 valence electrons. The topological polar surface area (TPSA) is 236 Å². The number of hydrogen-bond donors (Lipinski definition) is 2. The summed E-state index contributed by atoms with van der Waals surface area (Å²) in [6, 6.07) is 4.35. The summed E-state index contributed by atoms with van der Waals surface area (Å²) in [7, 11) is 3.04. The van der Waals surface area contributed by atoms with Gasteiger partial charge in [0, 0.05) is 47.5 Å². The summed E-state index contributed by atoms with van der Waals surface area (Å²) in [6.07, 6.45) is -9.32. The molecule has 56 heavy (non-hydrogen) atoms. The van der Waals surface area contributed by atoms with Gasteiger partial charge >= 0.3 is 35.8 Å². The standard InChI is InChI=1S/C37H51NO18/c1-18(39)49-16-28-31(52-21(4)42)32(53-22(5)43)33(54-23(6)44)36(55-28)56-35-29-25(12-14-48-35)30(51-20(3)41)34(37(29,45)17-50-19(2)40)38-13-11-24-9-10-26(46-7)27(15-24)47-8/h9-10,15,25,28-36,38,45H,11-14,16-17H2,1-8H3/t25-,28-,29-,30+,31-,32+,33-,34-,35-,36+,37-/m1/s1. The number of benzene rings is 1. The van der Waals surface area contributed by atoms with Gasteiger partial charge in [-0.3, -0.25) is 28.8 Å². The molecule has 0 aromatic heterocycles. The Morgan fingerprint density at radius 2 is 1.34 bits per heavy atom. The summed E-state index contributed by atoms with van der Waals surface area (Å²) in [6.45, 7) is 5.96. The zero-order valence-corrected chi connectivity index (χ0v) is 32.6. The first-order valence-electron chi connectivity index (χ1n) is 18.0. The van der Waals surface area contributed by atoms with E-state index in [9.17, 15) is 33.9 Å². The minimum atomic E-state index is -2.03. The predicted molar refractivity (Wildman–Crippen MR) is 187 cm³/mol. The number of carbonyl (C=O) groups excluding carboxylic acids is 6. The summed E-state index contributed by atoms with van der Waals surface area (Å²) in [5.74, 6) is -5.28. The molecule has 2 saturated heterocycles. The van der Waals surface area contributed by atoms with E-state index in [2.05, 4.69) is 5.32 Å². The fourth-order valence-corrected chi connectivity index (χ4v) is 7.53. The Labute approximate surface area is 323 Å². The van der Waals surface area contributed by atoms with E-state index < -0.39 is 116 Å². The van der Waals surface area contributed by atoms with Gasteiger partial charge in [0.05, 0.1) is 32.8 Å². The van der Waals surface area contributed by atoms with Crippen LogP contribution in [0.2, 0.25) is 0 Å². The summed E-state index contributed by atoms with van der Waals surface area (Å²) < 4.78 is 62.4. The molecule has 2 heterocycles. The lowest BCUT2D eigenvalue weighted by Gasteiger charge is -2.47. The smallest absolute Gasteiger partial charge is 0.303 e. The highest BCUT2D eigenvalue weighted by Crippen LogP contribution is 2.50. The van der Waals surface area contributed by atoms with Crippen LogP contribution in [-0.2, 0) is 77.8 Å². The highest BCUT2D eigenvalue weighted by molar-refractivity contribution is 5.69. The molecule has 19 heteroatoms. The van der Waals surface area contributed by atoms with E-state index in [4.69, 9.17) is 52.1 Å². The SMILES string of the molecule is COc1ccc(CCN[C@@H]2[C@@H](OC(C)=O)[C@@H]3CCO[C@H](O[C@@H]4O[C@H](COC(C)=O)[C@@H](OC(C)=O)[C@H](OC(C)=O)[C@H]4OC(C)=O)[C@@H]3[C@]2(O)COC(C)=O)cc1OC. The van der Waals surface area contributed by atoms with Crippen molar-refractivity contribution < 1.29 is 86.0 Å². The molecule has 2 N–H and O–H groups in total. The number of aliphatic hydroxyl groups is 1. The minimum absolute atomic E-state index is 0.0247. The van der Waals surface area contributed by atoms with Gasteiger partial charge < -0.3 is 62.5 Å². The van der Waals surface area contributed by atoms with Crippen molar-refractivity contribution in [2.75, 3.05) is 40.6 Å². The van der Waals surface area contributed by atoms with Crippen molar-refractivity contribution in [1.82, 2.24) is 5.32 Å². The Morgan fingerprint density at radius 3 is 1.93 bits per heavy atom. The molecule has 0 amide bonds. The van der Waals surface area contributed by atoms with Crippen LogP contribution >= 0.6 is 0 Å². The third kappa shape index (κ3) is 10.8. The van der Waals surface area contributed by atoms with Crippen LogP contribution in [-0.4, -0.2) is 136 Å². The van der Waals surface area contributed by atoms with E-state index in [1.165, 1.54) is 28.1 Å². The van der Waals surface area contributed by atoms with Crippen molar-refractivity contribution in [3.05, 3.63) is 23.8 Å². The highest BCUT2D eigenvalue weighted by Gasteiger charge is 2.66. The first-order chi connectivity index (χ1) is 26.5. The van der Waals surface area contributed by atoms with E-state index in [-0.39, 0.29) is 19.6 Å². The van der Waals surface area contributed by atoms with Crippen LogP contribution in [0.4, 0.5) is 0 Å². The zero-order chi connectivity index (χ0) is 41.3. The monoisotopic (exact) mass is 797 g/mol. The Hall–Kier alpha value is -4.56. The number of carbonyl (C=O) groups is 6. The van der Waals surface area contributed by atoms with Gasteiger partial charge in [0.25, 0.3) is 0 Å². The second kappa shape index (κ2) is 19.5. The fourth-order valence-electron chi connectivity index (χ4n) is 7.53. The van der Waals surface area contributed by atoms with Crippen LogP contribution in [0.25, 0.3) is 0 Å². The third-order valence-electron chi connectivity index (χ3n) is 9.61. The summed E-state index contributed by atoms with van der Waals surface area (Å²) >= 11 is 0. The van der Waals surface area contributed by atoms with Gasteiger partial charge in [-0.25, -0.2) is 0 Å². The van der Waals surface area contributed by atoms with Crippen molar-refractivity contribution in [2.45, 2.75) is 109 Å². The molecule has 0 radical (unpaired) electrons. The number of hydrogen-bond acceptors (Lipinski definition) is 19. The van der Waals surface area contributed by atoms with Gasteiger partial charge in [0.15, 0.2) is 36.1 Å². The zero-order valence-electron chi connectivity index (χ0n) is 32.6.